The maximum Gasteiger partial charge on any atom is 0.433 e. The van der Waals surface area contributed by atoms with E-state index in [2.05, 4.69) is 16.4 Å². The molecule has 2 heterocycles. The van der Waals surface area contributed by atoms with Crippen molar-refractivity contribution in [3.63, 3.8) is 0 Å². The SMILES string of the molecule is N#CC1CC(S(=O)(=O)c2cccc(C(=O)N3CCCC[C@@H]3C(=O)NCc3ccc(C(F)(F)F)nc3)c2)C1. The normalized spacial score (nSPS) is 22.0. The zero-order chi connectivity index (χ0) is 26.8. The Morgan fingerprint density at radius 1 is 1.16 bits per heavy atom. The van der Waals surface area contributed by atoms with Crippen LogP contribution < -0.4 is 5.32 Å². The highest BCUT2D eigenvalue weighted by Gasteiger charge is 2.40. The van der Waals surface area contributed by atoms with E-state index in [1.165, 1.54) is 35.2 Å². The number of nitrogens with one attached hydrogen (secondary N) is 1. The number of pyridine rings is 1. The summed E-state index contributed by atoms with van der Waals surface area (Å²) in [6, 6.07) is 9.04. The van der Waals surface area contributed by atoms with Crippen LogP contribution in [0.2, 0.25) is 0 Å². The Kier molecular flexibility index (Phi) is 7.54. The molecule has 0 unspecified atom stereocenters. The second kappa shape index (κ2) is 10.5. The molecule has 37 heavy (non-hydrogen) atoms. The van der Waals surface area contributed by atoms with Gasteiger partial charge in [-0.15, -0.1) is 0 Å². The minimum atomic E-state index is -4.56. The number of amides is 2. The van der Waals surface area contributed by atoms with Gasteiger partial charge in [0.1, 0.15) is 11.7 Å². The van der Waals surface area contributed by atoms with Crippen LogP contribution in [0.5, 0.6) is 0 Å². The van der Waals surface area contributed by atoms with E-state index < -0.39 is 44.8 Å². The molecule has 196 valence electrons. The number of carbonyl (C=O) groups excluding carboxylic acids is 2. The van der Waals surface area contributed by atoms with Crippen molar-refractivity contribution in [2.75, 3.05) is 6.54 Å². The molecule has 2 aliphatic rings. The van der Waals surface area contributed by atoms with E-state index in [9.17, 15) is 31.2 Å². The number of hydrogen-bond donors (Lipinski definition) is 1. The van der Waals surface area contributed by atoms with Crippen molar-refractivity contribution in [3.8, 4) is 6.07 Å². The number of hydrogen-bond acceptors (Lipinski definition) is 6. The summed E-state index contributed by atoms with van der Waals surface area (Å²) < 4.78 is 64.0. The number of sulfone groups is 1. The number of benzene rings is 1. The highest BCUT2D eigenvalue weighted by Crippen LogP contribution is 2.36. The lowest BCUT2D eigenvalue weighted by Crippen LogP contribution is -2.51. The highest BCUT2D eigenvalue weighted by molar-refractivity contribution is 7.92. The fourth-order valence-electron chi connectivity index (χ4n) is 4.54. The van der Waals surface area contributed by atoms with E-state index >= 15 is 0 Å². The predicted molar refractivity (Wildman–Crippen MR) is 126 cm³/mol. The number of rotatable bonds is 6. The van der Waals surface area contributed by atoms with Gasteiger partial charge < -0.3 is 10.2 Å². The second-order valence-electron chi connectivity index (χ2n) is 9.27. The Morgan fingerprint density at radius 2 is 1.92 bits per heavy atom. The monoisotopic (exact) mass is 534 g/mol. The summed E-state index contributed by atoms with van der Waals surface area (Å²) in [4.78, 5) is 31.1. The summed E-state index contributed by atoms with van der Waals surface area (Å²) in [6.07, 6.45) is -1.20. The molecule has 8 nitrogen and oxygen atoms in total. The van der Waals surface area contributed by atoms with Crippen LogP contribution in [0.15, 0.2) is 47.5 Å². The minimum Gasteiger partial charge on any atom is -0.350 e. The first-order valence-corrected chi connectivity index (χ1v) is 13.4. The number of nitriles is 1. The van der Waals surface area contributed by atoms with Gasteiger partial charge in [0, 0.05) is 30.8 Å². The molecule has 2 fully saturated rings. The quantitative estimate of drug-likeness (QED) is 0.606. The van der Waals surface area contributed by atoms with Crippen LogP contribution in [0.1, 0.15) is 53.7 Å². The van der Waals surface area contributed by atoms with Crippen molar-refractivity contribution in [3.05, 3.63) is 59.4 Å². The third kappa shape index (κ3) is 5.77. The first-order chi connectivity index (χ1) is 17.5. The van der Waals surface area contributed by atoms with E-state index in [4.69, 9.17) is 5.26 Å². The van der Waals surface area contributed by atoms with Crippen molar-refractivity contribution >= 4 is 21.7 Å². The fourth-order valence-corrected chi connectivity index (χ4v) is 6.46. The number of alkyl halides is 3. The van der Waals surface area contributed by atoms with Gasteiger partial charge in [0.05, 0.1) is 16.2 Å². The molecule has 4 rings (SSSR count). The van der Waals surface area contributed by atoms with E-state index in [1.54, 1.807) is 0 Å². The van der Waals surface area contributed by atoms with Crippen LogP contribution in [0.3, 0.4) is 0 Å². The maximum absolute atomic E-state index is 13.3. The first kappa shape index (κ1) is 26.6. The topological polar surface area (TPSA) is 120 Å². The molecule has 1 aliphatic carbocycles. The lowest BCUT2D eigenvalue weighted by Gasteiger charge is -2.35. The highest BCUT2D eigenvalue weighted by atomic mass is 32.2. The molecule has 0 bridgehead atoms. The van der Waals surface area contributed by atoms with Gasteiger partial charge in [-0.3, -0.25) is 14.6 Å². The summed E-state index contributed by atoms with van der Waals surface area (Å²) in [7, 11) is -3.69. The lowest BCUT2D eigenvalue weighted by atomic mass is 9.86. The molecule has 1 aromatic carbocycles. The minimum absolute atomic E-state index is 0.00699. The van der Waals surface area contributed by atoms with Gasteiger partial charge in [0.15, 0.2) is 9.84 Å². The summed E-state index contributed by atoms with van der Waals surface area (Å²) in [5, 5.41) is 10.9. The maximum atomic E-state index is 13.3. The van der Waals surface area contributed by atoms with Gasteiger partial charge in [-0.25, -0.2) is 8.42 Å². The summed E-state index contributed by atoms with van der Waals surface area (Å²) in [5.41, 5.74) is -0.510. The predicted octanol–water partition coefficient (Wildman–Crippen LogP) is 3.49. The van der Waals surface area contributed by atoms with Crippen molar-refractivity contribution in [2.45, 2.75) is 61.0 Å². The van der Waals surface area contributed by atoms with Crippen molar-refractivity contribution in [1.82, 2.24) is 15.2 Å². The van der Waals surface area contributed by atoms with Crippen LogP contribution in [0.25, 0.3) is 0 Å². The van der Waals surface area contributed by atoms with Crippen LogP contribution in [-0.2, 0) is 27.4 Å². The Bertz CT molecular complexity index is 1320. The molecule has 0 spiro atoms. The van der Waals surface area contributed by atoms with Gasteiger partial charge in [0.25, 0.3) is 5.91 Å². The number of halogens is 3. The van der Waals surface area contributed by atoms with E-state index in [0.29, 0.717) is 31.4 Å². The zero-order valence-corrected chi connectivity index (χ0v) is 20.6. The average molecular weight is 535 g/mol. The van der Waals surface area contributed by atoms with Gasteiger partial charge in [-0.05, 0) is 61.9 Å². The third-order valence-electron chi connectivity index (χ3n) is 6.77. The lowest BCUT2D eigenvalue weighted by molar-refractivity contribution is -0.141. The number of likely N-dealkylation sites (tertiary alicyclic amines) is 1. The first-order valence-electron chi connectivity index (χ1n) is 11.8. The summed E-state index contributed by atoms with van der Waals surface area (Å²) in [6.45, 7) is 0.253. The van der Waals surface area contributed by atoms with E-state index in [1.807, 2.05) is 0 Å². The third-order valence-corrected chi connectivity index (χ3v) is 8.95. The molecule has 2 amide bonds. The van der Waals surface area contributed by atoms with E-state index in [-0.39, 0.29) is 35.8 Å². The van der Waals surface area contributed by atoms with Gasteiger partial charge in [-0.2, -0.15) is 18.4 Å². The zero-order valence-electron chi connectivity index (χ0n) is 19.7. The average Bonchev–Trinajstić information content (AvgIpc) is 2.86. The van der Waals surface area contributed by atoms with Crippen LogP contribution in [0, 0.1) is 17.2 Å². The molecule has 1 saturated heterocycles. The summed E-state index contributed by atoms with van der Waals surface area (Å²) in [5.74, 6) is -1.21. The number of piperidine rings is 1. The molecule has 1 saturated carbocycles. The fraction of sp³-hybridized carbons (Fsp3) is 0.440. The van der Waals surface area contributed by atoms with Gasteiger partial charge in [-0.1, -0.05) is 12.1 Å². The molecule has 2 aromatic rings. The van der Waals surface area contributed by atoms with Crippen molar-refractivity contribution < 1.29 is 31.2 Å². The molecule has 12 heteroatoms. The molecule has 1 N–H and O–H groups in total. The van der Waals surface area contributed by atoms with Crippen LogP contribution in [0.4, 0.5) is 13.2 Å². The molecule has 1 aromatic heterocycles. The molecule has 0 radical (unpaired) electrons. The Labute approximate surface area is 212 Å². The Morgan fingerprint density at radius 3 is 2.57 bits per heavy atom. The standard InChI is InChI=1S/C25H25F3N4O4S/c26-25(27,28)22-8-7-16(14-30-22)15-31-23(33)21-6-1-2-9-32(21)24(34)18-4-3-5-19(12-18)37(35,36)20-10-17(11-20)13-29/h3-5,7-8,12,14,17,20-21H,1-2,6,9-11,15H2,(H,31,33)/t17?,20?,21-/m1/s1. The second-order valence-corrected chi connectivity index (χ2v) is 11.5. The number of aromatic nitrogens is 1. The van der Waals surface area contributed by atoms with Gasteiger partial charge in [0.2, 0.25) is 5.91 Å². The van der Waals surface area contributed by atoms with E-state index in [0.717, 1.165) is 12.3 Å². The largest absolute Gasteiger partial charge is 0.433 e. The summed E-state index contributed by atoms with van der Waals surface area (Å²) >= 11 is 0. The number of nitrogens with zero attached hydrogens (tertiary/aromatic N) is 3. The van der Waals surface area contributed by atoms with Crippen molar-refractivity contribution in [1.29, 1.82) is 5.26 Å². The molecular formula is C25H25F3N4O4S. The van der Waals surface area contributed by atoms with Gasteiger partial charge >= 0.3 is 6.18 Å². The smallest absolute Gasteiger partial charge is 0.350 e. The van der Waals surface area contributed by atoms with Crippen LogP contribution >= 0.6 is 0 Å². The Hall–Kier alpha value is -3.46. The van der Waals surface area contributed by atoms with Crippen molar-refractivity contribution in [2.24, 2.45) is 5.92 Å². The Balaban J connectivity index is 1.44. The molecule has 1 atom stereocenters. The molecular weight excluding hydrogens is 509 g/mol. The molecule has 1 aliphatic heterocycles. The number of carbonyl (C=O) groups is 2. The van der Waals surface area contributed by atoms with Crippen LogP contribution in [-0.4, -0.2) is 48.0 Å².